The molecule has 0 fully saturated rings. The van der Waals surface area contributed by atoms with Gasteiger partial charge in [0, 0.05) is 23.5 Å². The zero-order valence-electron chi connectivity index (χ0n) is 13.3. The van der Waals surface area contributed by atoms with Crippen LogP contribution in [0.2, 0.25) is 0 Å². The summed E-state index contributed by atoms with van der Waals surface area (Å²) in [5, 5.41) is 3.28. The zero-order valence-corrected chi connectivity index (χ0v) is 13.3. The van der Waals surface area contributed by atoms with Gasteiger partial charge in [0.1, 0.15) is 12.4 Å². The van der Waals surface area contributed by atoms with Crippen molar-refractivity contribution in [1.82, 2.24) is 4.90 Å². The van der Waals surface area contributed by atoms with Crippen LogP contribution in [0.4, 0.5) is 11.4 Å². The van der Waals surface area contributed by atoms with Gasteiger partial charge in [-0.1, -0.05) is 12.1 Å². The second-order valence-corrected chi connectivity index (χ2v) is 5.44. The monoisotopic (exact) mass is 298 g/mol. The lowest BCUT2D eigenvalue weighted by molar-refractivity contribution is 0.101. The summed E-state index contributed by atoms with van der Waals surface area (Å²) in [5.41, 5.74) is 2.56. The lowest BCUT2D eigenvalue weighted by atomic mass is 10.1. The molecule has 0 saturated carbocycles. The van der Waals surface area contributed by atoms with E-state index < -0.39 is 0 Å². The molecule has 0 aliphatic carbocycles. The number of nitrogens with zero attached hydrogens (tertiary/aromatic N) is 1. The molecule has 0 aliphatic heterocycles. The first-order chi connectivity index (χ1) is 10.5. The maximum absolute atomic E-state index is 11.4. The normalized spacial score (nSPS) is 10.5. The molecule has 0 saturated heterocycles. The van der Waals surface area contributed by atoms with Crippen molar-refractivity contribution >= 4 is 17.2 Å². The fraction of sp³-hybridized carbons (Fsp3) is 0.278. The number of ketones is 1. The molecule has 2 aromatic carbocycles. The summed E-state index contributed by atoms with van der Waals surface area (Å²) in [6, 6.07) is 15.3. The Balaban J connectivity index is 1.96. The third kappa shape index (κ3) is 4.90. The molecule has 22 heavy (non-hydrogen) atoms. The van der Waals surface area contributed by atoms with Crippen LogP contribution in [0.25, 0.3) is 0 Å². The highest BCUT2D eigenvalue weighted by Gasteiger charge is 2.01. The highest BCUT2D eigenvalue weighted by atomic mass is 16.5. The van der Waals surface area contributed by atoms with E-state index in [0.29, 0.717) is 12.2 Å². The van der Waals surface area contributed by atoms with E-state index in [4.69, 9.17) is 4.74 Å². The number of nitrogens with one attached hydrogen (secondary N) is 1. The van der Waals surface area contributed by atoms with E-state index in [1.807, 2.05) is 62.6 Å². The molecule has 0 amide bonds. The quantitative estimate of drug-likeness (QED) is 0.793. The zero-order chi connectivity index (χ0) is 15.9. The van der Waals surface area contributed by atoms with Crippen molar-refractivity contribution in [2.45, 2.75) is 6.92 Å². The van der Waals surface area contributed by atoms with Gasteiger partial charge >= 0.3 is 0 Å². The molecule has 2 aromatic rings. The van der Waals surface area contributed by atoms with Crippen LogP contribution < -0.4 is 10.1 Å². The van der Waals surface area contributed by atoms with E-state index >= 15 is 0 Å². The van der Waals surface area contributed by atoms with Gasteiger partial charge in [-0.15, -0.1) is 0 Å². The van der Waals surface area contributed by atoms with Gasteiger partial charge < -0.3 is 15.0 Å². The number of ether oxygens (including phenoxy) is 1. The summed E-state index contributed by atoms with van der Waals surface area (Å²) in [6.07, 6.45) is 0. The lowest BCUT2D eigenvalue weighted by Crippen LogP contribution is -2.19. The van der Waals surface area contributed by atoms with E-state index in [1.54, 1.807) is 6.92 Å². The molecule has 0 aromatic heterocycles. The Labute approximate surface area is 131 Å². The average Bonchev–Trinajstić information content (AvgIpc) is 2.49. The predicted octanol–water partition coefficient (Wildman–Crippen LogP) is 3.57. The van der Waals surface area contributed by atoms with E-state index in [0.717, 1.165) is 23.7 Å². The summed E-state index contributed by atoms with van der Waals surface area (Å²) in [4.78, 5) is 13.5. The van der Waals surface area contributed by atoms with Crippen LogP contribution in [-0.4, -0.2) is 37.9 Å². The van der Waals surface area contributed by atoms with Gasteiger partial charge in [-0.2, -0.15) is 0 Å². The Morgan fingerprint density at radius 1 is 1.09 bits per heavy atom. The van der Waals surface area contributed by atoms with E-state index in [1.165, 1.54) is 0 Å². The van der Waals surface area contributed by atoms with Gasteiger partial charge in [-0.3, -0.25) is 4.79 Å². The molecule has 0 spiro atoms. The highest BCUT2D eigenvalue weighted by Crippen LogP contribution is 2.21. The Bertz CT molecular complexity index is 621. The van der Waals surface area contributed by atoms with Crippen LogP contribution in [0.1, 0.15) is 17.3 Å². The summed E-state index contributed by atoms with van der Waals surface area (Å²) in [6.45, 7) is 3.12. The topological polar surface area (TPSA) is 41.6 Å². The maximum Gasteiger partial charge on any atom is 0.159 e. The minimum Gasteiger partial charge on any atom is -0.492 e. The molecule has 116 valence electrons. The largest absolute Gasteiger partial charge is 0.492 e. The van der Waals surface area contributed by atoms with Crippen molar-refractivity contribution in [2.75, 3.05) is 32.6 Å². The Morgan fingerprint density at radius 2 is 1.82 bits per heavy atom. The number of hydrogen-bond donors (Lipinski definition) is 1. The number of hydrogen-bond acceptors (Lipinski definition) is 4. The Morgan fingerprint density at radius 3 is 2.45 bits per heavy atom. The second-order valence-electron chi connectivity index (χ2n) is 5.44. The van der Waals surface area contributed by atoms with Crippen molar-refractivity contribution in [3.8, 4) is 5.75 Å². The van der Waals surface area contributed by atoms with Gasteiger partial charge in [-0.05, 0) is 57.4 Å². The van der Waals surface area contributed by atoms with Crippen molar-refractivity contribution < 1.29 is 9.53 Å². The summed E-state index contributed by atoms with van der Waals surface area (Å²) in [5.74, 6) is 0.915. The van der Waals surface area contributed by atoms with E-state index in [9.17, 15) is 4.79 Å². The minimum absolute atomic E-state index is 0.0632. The Hall–Kier alpha value is -2.33. The first-order valence-electron chi connectivity index (χ1n) is 7.30. The molecule has 0 atom stereocenters. The number of Topliss-reactive ketones (excluding diaryl/α,β-unsaturated/α-hetero) is 1. The molecule has 1 N–H and O–H groups in total. The smallest absolute Gasteiger partial charge is 0.159 e. The van der Waals surface area contributed by atoms with Crippen LogP contribution in [0, 0.1) is 0 Å². The molecule has 0 heterocycles. The van der Waals surface area contributed by atoms with Gasteiger partial charge in [-0.25, -0.2) is 0 Å². The number of likely N-dealkylation sites (N-methyl/N-ethyl adjacent to an activating group) is 1. The minimum atomic E-state index is 0.0632. The molecule has 4 heteroatoms. The molecule has 0 unspecified atom stereocenters. The van der Waals surface area contributed by atoms with Crippen LogP contribution in [0.15, 0.2) is 48.5 Å². The number of carbonyl (C=O) groups excluding carboxylic acids is 1. The standard InChI is InChI=1S/C18H22N2O2/c1-14(21)15-5-4-6-17(13-15)19-16-7-9-18(10-8-16)22-12-11-20(2)3/h4-10,13,19H,11-12H2,1-3H3. The maximum atomic E-state index is 11.4. The third-order valence-corrected chi connectivity index (χ3v) is 3.22. The van der Waals surface area contributed by atoms with Crippen LogP contribution in [0.3, 0.4) is 0 Å². The summed E-state index contributed by atoms with van der Waals surface area (Å²) >= 11 is 0. The summed E-state index contributed by atoms with van der Waals surface area (Å²) in [7, 11) is 4.04. The van der Waals surface area contributed by atoms with Gasteiger partial charge in [0.2, 0.25) is 0 Å². The Kier molecular flexibility index (Phi) is 5.55. The van der Waals surface area contributed by atoms with Gasteiger partial charge in [0.25, 0.3) is 0 Å². The second kappa shape index (κ2) is 7.61. The van der Waals surface area contributed by atoms with E-state index in [2.05, 4.69) is 10.2 Å². The molecular formula is C18H22N2O2. The lowest BCUT2D eigenvalue weighted by Gasteiger charge is -2.12. The number of anilines is 2. The van der Waals surface area contributed by atoms with Crippen molar-refractivity contribution in [3.05, 3.63) is 54.1 Å². The summed E-state index contributed by atoms with van der Waals surface area (Å²) < 4.78 is 5.66. The third-order valence-electron chi connectivity index (χ3n) is 3.22. The first kappa shape index (κ1) is 16.0. The number of carbonyl (C=O) groups is 1. The molecule has 0 aliphatic rings. The van der Waals surface area contributed by atoms with Crippen molar-refractivity contribution in [1.29, 1.82) is 0 Å². The fourth-order valence-electron chi connectivity index (χ4n) is 1.96. The predicted molar refractivity (Wildman–Crippen MR) is 90.2 cm³/mol. The first-order valence-corrected chi connectivity index (χ1v) is 7.30. The molecular weight excluding hydrogens is 276 g/mol. The van der Waals surface area contributed by atoms with Crippen LogP contribution >= 0.6 is 0 Å². The number of benzene rings is 2. The van der Waals surface area contributed by atoms with Crippen LogP contribution in [0.5, 0.6) is 5.75 Å². The van der Waals surface area contributed by atoms with Gasteiger partial charge in [0.15, 0.2) is 5.78 Å². The molecule has 4 nitrogen and oxygen atoms in total. The number of rotatable bonds is 7. The van der Waals surface area contributed by atoms with Crippen LogP contribution in [-0.2, 0) is 0 Å². The molecule has 2 rings (SSSR count). The highest BCUT2D eigenvalue weighted by molar-refractivity contribution is 5.95. The van der Waals surface area contributed by atoms with E-state index in [-0.39, 0.29) is 5.78 Å². The fourth-order valence-corrected chi connectivity index (χ4v) is 1.96. The van der Waals surface area contributed by atoms with Crippen molar-refractivity contribution in [2.24, 2.45) is 0 Å². The average molecular weight is 298 g/mol. The molecule has 0 radical (unpaired) electrons. The SMILES string of the molecule is CC(=O)c1cccc(Nc2ccc(OCCN(C)C)cc2)c1. The molecule has 0 bridgehead atoms. The van der Waals surface area contributed by atoms with Gasteiger partial charge in [0.05, 0.1) is 0 Å². The van der Waals surface area contributed by atoms with Crippen molar-refractivity contribution in [3.63, 3.8) is 0 Å².